The quantitative estimate of drug-likeness (QED) is 0.509. The van der Waals surface area contributed by atoms with Crippen molar-refractivity contribution in [2.24, 2.45) is 5.92 Å². The molecule has 0 aliphatic carbocycles. The Hall–Kier alpha value is -2.26. The summed E-state index contributed by atoms with van der Waals surface area (Å²) in [6, 6.07) is 7.95. The number of anilines is 2. The fraction of sp³-hybridized carbons (Fsp3) is 0.421. The van der Waals surface area contributed by atoms with E-state index in [-0.39, 0.29) is 5.91 Å². The predicted molar refractivity (Wildman–Crippen MR) is 113 cm³/mol. The summed E-state index contributed by atoms with van der Waals surface area (Å²) < 4.78 is 1.82. The van der Waals surface area contributed by atoms with Crippen molar-refractivity contribution >= 4 is 39.8 Å². The van der Waals surface area contributed by atoms with Crippen molar-refractivity contribution in [3.8, 4) is 0 Å². The number of tetrazole rings is 1. The molecule has 0 bridgehead atoms. The second-order valence-corrected chi connectivity index (χ2v) is 8.56. The number of para-hydroxylation sites is 1. The summed E-state index contributed by atoms with van der Waals surface area (Å²) in [6.07, 6.45) is 0.854. The molecule has 3 aromatic rings. The molecule has 1 aromatic carbocycles. The van der Waals surface area contributed by atoms with Crippen molar-refractivity contribution in [3.05, 3.63) is 40.9 Å². The molecule has 7 nitrogen and oxygen atoms in total. The SMILES string of the molecule is CCc1ccccc1N(C(C)=O)c1nc(CSc2nnnn2CC(C)C)cs1. The summed E-state index contributed by atoms with van der Waals surface area (Å²) >= 11 is 3.03. The molecule has 0 aliphatic rings. The Morgan fingerprint density at radius 2 is 2.11 bits per heavy atom. The minimum absolute atomic E-state index is 0.0460. The van der Waals surface area contributed by atoms with Gasteiger partial charge in [0.1, 0.15) is 0 Å². The average molecular weight is 417 g/mol. The lowest BCUT2D eigenvalue weighted by atomic mass is 10.1. The van der Waals surface area contributed by atoms with Gasteiger partial charge in [0, 0.05) is 24.6 Å². The molecule has 2 aromatic heterocycles. The molecule has 0 saturated heterocycles. The number of aromatic nitrogens is 5. The van der Waals surface area contributed by atoms with E-state index in [1.807, 2.05) is 34.3 Å². The highest BCUT2D eigenvalue weighted by atomic mass is 32.2. The number of benzene rings is 1. The molecule has 1 amide bonds. The van der Waals surface area contributed by atoms with Crippen LogP contribution in [-0.2, 0) is 23.5 Å². The van der Waals surface area contributed by atoms with Gasteiger partial charge < -0.3 is 0 Å². The zero-order valence-electron chi connectivity index (χ0n) is 16.5. The number of thioether (sulfide) groups is 1. The molecular formula is C19H24N6OS2. The van der Waals surface area contributed by atoms with Crippen molar-refractivity contribution in [2.45, 2.75) is 51.6 Å². The maximum Gasteiger partial charge on any atom is 0.230 e. The molecule has 0 atom stereocenters. The van der Waals surface area contributed by atoms with Gasteiger partial charge in [0.05, 0.1) is 11.4 Å². The fourth-order valence-corrected chi connectivity index (χ4v) is 4.56. The zero-order chi connectivity index (χ0) is 20.1. The Kier molecular flexibility index (Phi) is 6.79. The molecule has 148 valence electrons. The van der Waals surface area contributed by atoms with E-state index >= 15 is 0 Å². The van der Waals surface area contributed by atoms with Gasteiger partial charge in [-0.3, -0.25) is 9.69 Å². The van der Waals surface area contributed by atoms with Gasteiger partial charge in [-0.1, -0.05) is 50.7 Å². The first-order valence-corrected chi connectivity index (χ1v) is 11.1. The Bertz CT molecular complexity index is 936. The minimum Gasteiger partial charge on any atom is -0.274 e. The molecule has 9 heteroatoms. The molecule has 0 unspecified atom stereocenters. The number of thiazole rings is 1. The highest BCUT2D eigenvalue weighted by molar-refractivity contribution is 7.98. The molecule has 0 radical (unpaired) electrons. The maximum absolute atomic E-state index is 12.4. The smallest absolute Gasteiger partial charge is 0.230 e. The number of carbonyl (C=O) groups is 1. The van der Waals surface area contributed by atoms with E-state index in [0.29, 0.717) is 16.8 Å². The van der Waals surface area contributed by atoms with Crippen LogP contribution in [0.5, 0.6) is 0 Å². The lowest BCUT2D eigenvalue weighted by Gasteiger charge is -2.20. The van der Waals surface area contributed by atoms with Crippen LogP contribution in [-0.4, -0.2) is 31.1 Å². The van der Waals surface area contributed by atoms with Gasteiger partial charge in [-0.05, 0) is 34.4 Å². The monoisotopic (exact) mass is 416 g/mol. The van der Waals surface area contributed by atoms with Crippen molar-refractivity contribution in [1.82, 2.24) is 25.2 Å². The van der Waals surface area contributed by atoms with E-state index in [1.54, 1.807) is 23.6 Å². The van der Waals surface area contributed by atoms with E-state index in [0.717, 1.165) is 35.1 Å². The summed E-state index contributed by atoms with van der Waals surface area (Å²) in [4.78, 5) is 18.8. The van der Waals surface area contributed by atoms with E-state index in [4.69, 9.17) is 4.98 Å². The standard InChI is InChI=1S/C19H24N6OS2/c1-5-15-8-6-7-9-17(15)25(14(4)26)18-20-16(11-27-18)12-28-19-21-22-23-24(19)10-13(2)3/h6-9,11,13H,5,10,12H2,1-4H3. The molecule has 0 N–H and O–H groups in total. The lowest BCUT2D eigenvalue weighted by Crippen LogP contribution is -2.23. The van der Waals surface area contributed by atoms with Crippen molar-refractivity contribution in [2.75, 3.05) is 4.90 Å². The second kappa shape index (κ2) is 9.29. The van der Waals surface area contributed by atoms with Crippen LogP contribution in [0, 0.1) is 5.92 Å². The van der Waals surface area contributed by atoms with E-state index in [1.165, 1.54) is 11.3 Å². The molecule has 3 rings (SSSR count). The molecule has 0 saturated carbocycles. The molecule has 28 heavy (non-hydrogen) atoms. The largest absolute Gasteiger partial charge is 0.274 e. The van der Waals surface area contributed by atoms with E-state index in [2.05, 4.69) is 36.3 Å². The van der Waals surface area contributed by atoms with Gasteiger partial charge >= 0.3 is 0 Å². The fourth-order valence-electron chi connectivity index (χ4n) is 2.80. The highest BCUT2D eigenvalue weighted by Gasteiger charge is 2.20. The summed E-state index contributed by atoms with van der Waals surface area (Å²) in [5.74, 6) is 1.07. The third-order valence-electron chi connectivity index (χ3n) is 4.05. The Morgan fingerprint density at radius 3 is 2.82 bits per heavy atom. The first-order chi connectivity index (χ1) is 13.5. The van der Waals surface area contributed by atoms with Crippen molar-refractivity contribution in [3.63, 3.8) is 0 Å². The molecule has 0 fully saturated rings. The van der Waals surface area contributed by atoms with Gasteiger partial charge in [0.2, 0.25) is 11.1 Å². The Morgan fingerprint density at radius 1 is 1.32 bits per heavy atom. The number of nitrogens with zero attached hydrogens (tertiary/aromatic N) is 6. The van der Waals surface area contributed by atoms with Gasteiger partial charge in [0.15, 0.2) is 5.13 Å². The Balaban J connectivity index is 1.77. The molecule has 0 aliphatic heterocycles. The highest BCUT2D eigenvalue weighted by Crippen LogP contribution is 2.33. The second-order valence-electron chi connectivity index (χ2n) is 6.78. The molecule has 2 heterocycles. The first-order valence-electron chi connectivity index (χ1n) is 9.21. The number of hydrogen-bond acceptors (Lipinski definition) is 7. The number of rotatable bonds is 8. The van der Waals surface area contributed by atoms with Crippen LogP contribution >= 0.6 is 23.1 Å². The van der Waals surface area contributed by atoms with E-state index < -0.39 is 0 Å². The number of hydrogen-bond donors (Lipinski definition) is 0. The number of aryl methyl sites for hydroxylation is 1. The summed E-state index contributed by atoms with van der Waals surface area (Å²) in [7, 11) is 0. The lowest BCUT2D eigenvalue weighted by molar-refractivity contribution is -0.115. The Labute approximate surface area is 173 Å². The third kappa shape index (κ3) is 4.77. The van der Waals surface area contributed by atoms with Crippen LogP contribution in [0.15, 0.2) is 34.8 Å². The van der Waals surface area contributed by atoms with Crippen LogP contribution in [0.4, 0.5) is 10.8 Å². The number of amides is 1. The topological polar surface area (TPSA) is 76.8 Å². The van der Waals surface area contributed by atoms with Crippen molar-refractivity contribution < 1.29 is 4.79 Å². The van der Waals surface area contributed by atoms with E-state index in [9.17, 15) is 4.79 Å². The first kappa shape index (κ1) is 20.5. The van der Waals surface area contributed by atoms with Crippen LogP contribution in [0.3, 0.4) is 0 Å². The molecular weight excluding hydrogens is 392 g/mol. The molecule has 0 spiro atoms. The van der Waals surface area contributed by atoms with Crippen LogP contribution in [0.1, 0.15) is 39.0 Å². The average Bonchev–Trinajstić information content (AvgIpc) is 3.29. The van der Waals surface area contributed by atoms with Gasteiger partial charge in [-0.25, -0.2) is 9.67 Å². The normalized spacial score (nSPS) is 11.2. The van der Waals surface area contributed by atoms with Gasteiger partial charge in [0.25, 0.3) is 0 Å². The summed E-state index contributed by atoms with van der Waals surface area (Å²) in [5, 5.41) is 15.4. The van der Waals surface area contributed by atoms with Crippen LogP contribution in [0.2, 0.25) is 0 Å². The maximum atomic E-state index is 12.4. The van der Waals surface area contributed by atoms with Crippen LogP contribution < -0.4 is 4.90 Å². The summed E-state index contributed by atoms with van der Waals surface area (Å²) in [5.41, 5.74) is 2.92. The van der Waals surface area contributed by atoms with Gasteiger partial charge in [-0.15, -0.1) is 16.4 Å². The third-order valence-corrected chi connectivity index (χ3v) is 5.91. The summed E-state index contributed by atoms with van der Waals surface area (Å²) in [6.45, 7) is 8.70. The van der Waals surface area contributed by atoms with Gasteiger partial charge in [-0.2, -0.15) is 0 Å². The van der Waals surface area contributed by atoms with Crippen LogP contribution in [0.25, 0.3) is 0 Å². The minimum atomic E-state index is -0.0460. The zero-order valence-corrected chi connectivity index (χ0v) is 18.1. The van der Waals surface area contributed by atoms with Crippen molar-refractivity contribution in [1.29, 1.82) is 0 Å². The number of carbonyl (C=O) groups excluding carboxylic acids is 1. The predicted octanol–water partition coefficient (Wildman–Crippen LogP) is 4.32.